The van der Waals surface area contributed by atoms with Gasteiger partial charge in [-0.05, 0) is 12.1 Å². The molecule has 0 aliphatic carbocycles. The van der Waals surface area contributed by atoms with Gasteiger partial charge in [0.05, 0.1) is 14.7 Å². The van der Waals surface area contributed by atoms with Gasteiger partial charge < -0.3 is 10.5 Å². The molecule has 2 N–H and O–H groups in total. The fourth-order valence-corrected chi connectivity index (χ4v) is 2.50. The molecule has 3 nitrogen and oxygen atoms in total. The molecule has 4 heteroatoms. The molecule has 14 heavy (non-hydrogen) atoms. The fourth-order valence-electron chi connectivity index (χ4n) is 0.987. The van der Waals surface area contributed by atoms with Crippen LogP contribution >= 0.6 is 0 Å². The molecule has 82 valence electrons. The van der Waals surface area contributed by atoms with Gasteiger partial charge in [0.2, 0.25) is 0 Å². The first-order valence-electron chi connectivity index (χ1n) is 4.95. The summed E-state index contributed by atoms with van der Waals surface area (Å²) in [6.45, 7) is 10.4. The first-order valence-corrected chi connectivity index (χ1v) is 8.23. The molecule has 1 atom stereocenters. The van der Waals surface area contributed by atoms with Gasteiger partial charge in [0, 0.05) is 6.08 Å². The molecule has 0 amide bonds. The standard InChI is InChI=1S/C10H21NO2Si/c1-5-10(12)13-7-6-8-14(3,4)9(2)11/h5,9H,1,6-8,11H2,2-4H3. The first kappa shape index (κ1) is 13.4. The number of nitrogens with two attached hydrogens (primary N) is 1. The van der Waals surface area contributed by atoms with Crippen molar-refractivity contribution in [1.29, 1.82) is 0 Å². The highest BCUT2D eigenvalue weighted by molar-refractivity contribution is 6.78. The largest absolute Gasteiger partial charge is 0.463 e. The van der Waals surface area contributed by atoms with Crippen molar-refractivity contribution >= 4 is 14.0 Å². The van der Waals surface area contributed by atoms with Gasteiger partial charge in [-0.3, -0.25) is 0 Å². The second-order valence-electron chi connectivity index (χ2n) is 4.25. The summed E-state index contributed by atoms with van der Waals surface area (Å²) in [5.74, 6) is -0.342. The first-order chi connectivity index (χ1) is 6.40. The SMILES string of the molecule is C=CC(=O)OCCC[Si](C)(C)C(C)N. The molecule has 0 fully saturated rings. The lowest BCUT2D eigenvalue weighted by Gasteiger charge is -2.26. The zero-order valence-corrected chi connectivity index (χ0v) is 10.4. The average molecular weight is 215 g/mol. The van der Waals surface area contributed by atoms with Crippen molar-refractivity contribution in [2.45, 2.75) is 38.1 Å². The Morgan fingerprint density at radius 1 is 1.64 bits per heavy atom. The lowest BCUT2D eigenvalue weighted by molar-refractivity contribution is -0.137. The van der Waals surface area contributed by atoms with E-state index in [4.69, 9.17) is 10.5 Å². The van der Waals surface area contributed by atoms with Crippen LogP contribution in [0.1, 0.15) is 13.3 Å². The number of ether oxygens (including phenoxy) is 1. The van der Waals surface area contributed by atoms with Crippen LogP contribution in [0.4, 0.5) is 0 Å². The summed E-state index contributed by atoms with van der Waals surface area (Å²) in [5, 5.41) is 0. The Labute approximate surface area is 87.3 Å². The van der Waals surface area contributed by atoms with E-state index in [1.165, 1.54) is 6.08 Å². The zero-order valence-electron chi connectivity index (χ0n) is 9.38. The molecule has 1 unspecified atom stereocenters. The Morgan fingerprint density at radius 3 is 2.64 bits per heavy atom. The van der Waals surface area contributed by atoms with Crippen molar-refractivity contribution in [2.75, 3.05) is 6.61 Å². The Kier molecular flexibility index (Phi) is 5.72. The van der Waals surface area contributed by atoms with Gasteiger partial charge in [0.15, 0.2) is 0 Å². The van der Waals surface area contributed by atoms with Gasteiger partial charge >= 0.3 is 5.97 Å². The predicted octanol–water partition coefficient (Wildman–Crippen LogP) is 1.70. The molecular formula is C10H21NO2Si. The summed E-state index contributed by atoms with van der Waals surface area (Å²) in [6.07, 6.45) is 2.09. The summed E-state index contributed by atoms with van der Waals surface area (Å²) in [5.41, 5.74) is 6.17. The Bertz CT molecular complexity index is 202. The summed E-state index contributed by atoms with van der Waals surface area (Å²) in [7, 11) is -1.30. The summed E-state index contributed by atoms with van der Waals surface area (Å²) >= 11 is 0. The maximum Gasteiger partial charge on any atom is 0.330 e. The van der Waals surface area contributed by atoms with Crippen LogP contribution in [0.5, 0.6) is 0 Å². The van der Waals surface area contributed by atoms with Crippen molar-refractivity contribution in [3.63, 3.8) is 0 Å². The number of carbonyl (C=O) groups is 1. The van der Waals surface area contributed by atoms with Gasteiger partial charge in [-0.15, -0.1) is 0 Å². The van der Waals surface area contributed by atoms with Crippen LogP contribution in [-0.4, -0.2) is 26.3 Å². The van der Waals surface area contributed by atoms with E-state index in [1.807, 2.05) is 0 Å². The van der Waals surface area contributed by atoms with Crippen LogP contribution in [0, 0.1) is 0 Å². The molecule has 0 spiro atoms. The molecule has 0 aliphatic rings. The van der Waals surface area contributed by atoms with Gasteiger partial charge in [0.25, 0.3) is 0 Å². The van der Waals surface area contributed by atoms with E-state index in [0.29, 0.717) is 6.61 Å². The van der Waals surface area contributed by atoms with E-state index in [0.717, 1.165) is 12.5 Å². The zero-order chi connectivity index (χ0) is 11.2. The van der Waals surface area contributed by atoms with E-state index in [-0.39, 0.29) is 11.6 Å². The Balaban J connectivity index is 3.64. The number of hydrogen-bond acceptors (Lipinski definition) is 3. The van der Waals surface area contributed by atoms with E-state index >= 15 is 0 Å². The number of rotatable bonds is 6. The van der Waals surface area contributed by atoms with Crippen molar-refractivity contribution in [1.82, 2.24) is 0 Å². The molecule has 0 saturated heterocycles. The van der Waals surface area contributed by atoms with Gasteiger partial charge in [0.1, 0.15) is 0 Å². The minimum absolute atomic E-state index is 0.289. The molecule has 0 aromatic carbocycles. The number of carbonyl (C=O) groups excluding carboxylic acids is 1. The van der Waals surface area contributed by atoms with Gasteiger partial charge in [-0.1, -0.05) is 32.6 Å². The second-order valence-corrected chi connectivity index (χ2v) is 9.64. The highest BCUT2D eigenvalue weighted by Gasteiger charge is 2.24. The minimum atomic E-state index is -1.30. The van der Waals surface area contributed by atoms with E-state index in [2.05, 4.69) is 26.6 Å². The molecule has 0 radical (unpaired) electrons. The monoisotopic (exact) mass is 215 g/mol. The molecule has 0 aromatic heterocycles. The maximum absolute atomic E-state index is 10.7. The number of esters is 1. The highest BCUT2D eigenvalue weighted by atomic mass is 28.3. The normalized spacial score (nSPS) is 13.4. The van der Waals surface area contributed by atoms with Crippen molar-refractivity contribution in [2.24, 2.45) is 5.73 Å². The second kappa shape index (κ2) is 5.98. The van der Waals surface area contributed by atoms with Crippen LogP contribution in [0.2, 0.25) is 19.1 Å². The lowest BCUT2D eigenvalue weighted by atomic mass is 10.5. The topological polar surface area (TPSA) is 52.3 Å². The summed E-state index contributed by atoms with van der Waals surface area (Å²) in [4.78, 5) is 10.7. The van der Waals surface area contributed by atoms with Crippen molar-refractivity contribution in [3.8, 4) is 0 Å². The number of hydrogen-bond donors (Lipinski definition) is 1. The molecule has 0 heterocycles. The van der Waals surface area contributed by atoms with Gasteiger partial charge in [-0.2, -0.15) is 0 Å². The van der Waals surface area contributed by atoms with E-state index in [1.54, 1.807) is 0 Å². The molecule has 0 aliphatic heterocycles. The quantitative estimate of drug-likeness (QED) is 0.317. The van der Waals surface area contributed by atoms with Crippen LogP contribution in [0.15, 0.2) is 12.7 Å². The molecule has 0 bridgehead atoms. The van der Waals surface area contributed by atoms with E-state index < -0.39 is 8.07 Å². The van der Waals surface area contributed by atoms with Crippen LogP contribution < -0.4 is 5.73 Å². The van der Waals surface area contributed by atoms with Gasteiger partial charge in [-0.25, -0.2) is 4.79 Å². The predicted molar refractivity (Wildman–Crippen MR) is 61.7 cm³/mol. The van der Waals surface area contributed by atoms with Crippen molar-refractivity contribution < 1.29 is 9.53 Å². The van der Waals surface area contributed by atoms with Crippen molar-refractivity contribution in [3.05, 3.63) is 12.7 Å². The molecule has 0 aromatic rings. The molecule has 0 rings (SSSR count). The third-order valence-electron chi connectivity index (χ3n) is 2.61. The minimum Gasteiger partial charge on any atom is -0.463 e. The molecular weight excluding hydrogens is 194 g/mol. The fraction of sp³-hybridized carbons (Fsp3) is 0.700. The third-order valence-corrected chi connectivity index (χ3v) is 6.72. The smallest absolute Gasteiger partial charge is 0.330 e. The third kappa shape index (κ3) is 5.19. The van der Waals surface area contributed by atoms with Crippen LogP contribution in [0.25, 0.3) is 0 Å². The summed E-state index contributed by atoms with van der Waals surface area (Å²) in [6, 6.07) is 1.09. The highest BCUT2D eigenvalue weighted by Crippen LogP contribution is 2.14. The Morgan fingerprint density at radius 2 is 2.21 bits per heavy atom. The average Bonchev–Trinajstić information content (AvgIpc) is 2.11. The van der Waals surface area contributed by atoms with Crippen LogP contribution in [-0.2, 0) is 9.53 Å². The Hall–Kier alpha value is -0.613. The summed E-state index contributed by atoms with van der Waals surface area (Å²) < 4.78 is 4.89. The van der Waals surface area contributed by atoms with E-state index in [9.17, 15) is 4.79 Å². The van der Waals surface area contributed by atoms with Crippen LogP contribution in [0.3, 0.4) is 0 Å². The maximum atomic E-state index is 10.7. The lowest BCUT2D eigenvalue weighted by Crippen LogP contribution is -2.45. The molecule has 0 saturated carbocycles.